The summed E-state index contributed by atoms with van der Waals surface area (Å²) in [6.07, 6.45) is -0.895. The molecule has 1 aromatic heterocycles. The predicted octanol–water partition coefficient (Wildman–Crippen LogP) is 0.846. The minimum absolute atomic E-state index is 0.0333. The first-order valence-corrected chi connectivity index (χ1v) is 8.27. The number of aliphatic hydroxyl groups is 2. The van der Waals surface area contributed by atoms with Crippen molar-refractivity contribution in [1.82, 2.24) is 9.88 Å². The highest BCUT2D eigenvalue weighted by Crippen LogP contribution is 2.42. The summed E-state index contributed by atoms with van der Waals surface area (Å²) in [4.78, 5) is 28.7. The van der Waals surface area contributed by atoms with Crippen LogP contribution in [-0.2, 0) is 16.1 Å². The van der Waals surface area contributed by atoms with Crippen molar-refractivity contribution in [3.8, 4) is 0 Å². The van der Waals surface area contributed by atoms with Gasteiger partial charge < -0.3 is 19.8 Å². The molecule has 0 aliphatic carbocycles. The fourth-order valence-corrected chi connectivity index (χ4v) is 3.84. The van der Waals surface area contributed by atoms with E-state index in [-0.39, 0.29) is 12.3 Å². The fraction of sp³-hybridized carbons (Fsp3) is 0.222. The number of aliphatic hydroxyl groups excluding tert-OH is 2. The molecule has 2 N–H and O–H groups in total. The van der Waals surface area contributed by atoms with Crippen LogP contribution in [0.2, 0.25) is 0 Å². The molecule has 0 fully saturated rings. The summed E-state index contributed by atoms with van der Waals surface area (Å²) in [5.74, 6) is -0.758. The number of hydrogen-bond acceptors (Lipinski definition) is 8. The lowest BCUT2D eigenvalue weighted by Crippen LogP contribution is -2.43. The number of nitrogens with zero attached hydrogens (tertiary/aromatic N) is 3. The van der Waals surface area contributed by atoms with E-state index in [0.29, 0.717) is 40.0 Å². The van der Waals surface area contributed by atoms with Crippen LogP contribution in [0.3, 0.4) is 0 Å². The van der Waals surface area contributed by atoms with E-state index >= 15 is 0 Å². The van der Waals surface area contributed by atoms with Crippen LogP contribution in [0, 0.1) is 10.1 Å². The molecule has 0 amide bonds. The largest absolute Gasteiger partial charge is 0.459 e. The Morgan fingerprint density at radius 1 is 1.33 bits per heavy atom. The molecule has 136 valence electrons. The summed E-state index contributed by atoms with van der Waals surface area (Å²) in [6.45, 7) is 0.210. The van der Waals surface area contributed by atoms with E-state index < -0.39 is 23.2 Å². The molecule has 3 aliphatic rings. The van der Waals surface area contributed by atoms with Crippen LogP contribution in [0.1, 0.15) is 11.3 Å². The van der Waals surface area contributed by atoms with Gasteiger partial charge in [0.05, 0.1) is 27.2 Å². The van der Waals surface area contributed by atoms with Crippen LogP contribution in [0.4, 0.5) is 5.69 Å². The molecular formula is C18H13N3O6. The molecule has 9 nitrogen and oxygen atoms in total. The number of nitro benzene ring substituents is 1. The average molecular weight is 367 g/mol. The smallest absolute Gasteiger partial charge is 0.339 e. The summed E-state index contributed by atoms with van der Waals surface area (Å²) in [7, 11) is 0. The zero-order valence-corrected chi connectivity index (χ0v) is 13.8. The Labute approximate surface area is 151 Å². The molecule has 9 heteroatoms. The van der Waals surface area contributed by atoms with Crippen molar-refractivity contribution >= 4 is 28.3 Å². The Balaban J connectivity index is 1.70. The lowest BCUT2D eigenvalue weighted by Gasteiger charge is -2.36. The number of rotatable bonds is 1. The van der Waals surface area contributed by atoms with Crippen molar-refractivity contribution in [3.05, 3.63) is 62.9 Å². The minimum Gasteiger partial charge on any atom is -0.459 e. The number of esters is 1. The van der Waals surface area contributed by atoms with E-state index in [2.05, 4.69) is 4.98 Å². The summed E-state index contributed by atoms with van der Waals surface area (Å²) < 4.78 is 4.91. The Bertz CT molecular complexity index is 1110. The van der Waals surface area contributed by atoms with E-state index in [1.165, 1.54) is 6.07 Å². The number of fused-ring (bicyclic) bond motifs is 4. The number of pyridine rings is 1. The highest BCUT2D eigenvalue weighted by Gasteiger charge is 2.41. The summed E-state index contributed by atoms with van der Waals surface area (Å²) in [6, 6.07) is 6.38. The normalized spacial score (nSPS) is 23.6. The lowest BCUT2D eigenvalue weighted by molar-refractivity contribution is -0.383. The standard InChI is InChI=1S/C18H13N3O6/c22-16-9-5-14-15-8(6-20(14)17(23)11(9)7-27-18(16)24)4-10-12(19-15)2-1-3-13(10)21(25)26/h1-5,16-17,22-23H,6-7H2. The molecule has 3 aliphatic heterocycles. The van der Waals surface area contributed by atoms with Gasteiger partial charge >= 0.3 is 5.97 Å². The van der Waals surface area contributed by atoms with Gasteiger partial charge in [-0.3, -0.25) is 10.1 Å². The number of carbonyl (C=O) groups is 1. The molecule has 27 heavy (non-hydrogen) atoms. The van der Waals surface area contributed by atoms with Gasteiger partial charge in [-0.1, -0.05) is 6.07 Å². The van der Waals surface area contributed by atoms with Gasteiger partial charge in [-0.2, -0.15) is 0 Å². The molecule has 5 rings (SSSR count). The van der Waals surface area contributed by atoms with Gasteiger partial charge in [-0.25, -0.2) is 9.78 Å². The Morgan fingerprint density at radius 3 is 2.93 bits per heavy atom. The number of benzene rings is 1. The van der Waals surface area contributed by atoms with Crippen molar-refractivity contribution in [1.29, 1.82) is 0 Å². The summed E-state index contributed by atoms with van der Waals surface area (Å²) in [5.41, 5.74) is 3.03. The number of non-ortho nitro benzene ring substituents is 1. The van der Waals surface area contributed by atoms with Crippen LogP contribution < -0.4 is 0 Å². The third-order valence-electron chi connectivity index (χ3n) is 5.16. The van der Waals surface area contributed by atoms with Crippen LogP contribution in [0.25, 0.3) is 16.6 Å². The van der Waals surface area contributed by atoms with Gasteiger partial charge in [0.15, 0.2) is 12.3 Å². The monoisotopic (exact) mass is 367 g/mol. The lowest BCUT2D eigenvalue weighted by atomic mass is 9.94. The second kappa shape index (κ2) is 5.35. The number of ether oxygens (including phenoxy) is 1. The average Bonchev–Trinajstić information content (AvgIpc) is 3.01. The third-order valence-corrected chi connectivity index (χ3v) is 5.16. The summed E-state index contributed by atoms with van der Waals surface area (Å²) in [5, 5.41) is 32.6. The molecule has 0 saturated carbocycles. The molecule has 2 unspecified atom stereocenters. The van der Waals surface area contributed by atoms with Gasteiger partial charge in [0.2, 0.25) is 0 Å². The molecule has 2 atom stereocenters. The maximum atomic E-state index is 11.7. The fourth-order valence-electron chi connectivity index (χ4n) is 3.84. The zero-order chi connectivity index (χ0) is 18.9. The molecule has 0 bridgehead atoms. The minimum atomic E-state index is -1.45. The van der Waals surface area contributed by atoms with Crippen molar-refractivity contribution in [3.63, 3.8) is 0 Å². The number of aromatic nitrogens is 1. The molecule has 0 radical (unpaired) electrons. The number of cyclic esters (lactones) is 1. The van der Waals surface area contributed by atoms with Crippen molar-refractivity contribution in [2.45, 2.75) is 18.9 Å². The van der Waals surface area contributed by atoms with Crippen molar-refractivity contribution in [2.24, 2.45) is 0 Å². The first-order valence-electron chi connectivity index (χ1n) is 8.27. The molecule has 0 spiro atoms. The van der Waals surface area contributed by atoms with Gasteiger partial charge in [-0.15, -0.1) is 0 Å². The van der Waals surface area contributed by atoms with Crippen molar-refractivity contribution < 1.29 is 24.7 Å². The second-order valence-electron chi connectivity index (χ2n) is 6.62. The first kappa shape index (κ1) is 15.9. The van der Waals surface area contributed by atoms with Gasteiger partial charge in [0.25, 0.3) is 5.69 Å². The SMILES string of the molecule is O=C1OCC2=C(C=C3c4nc5cccc([N+](=O)[O-])c5cc4CN3C2O)C1O. The summed E-state index contributed by atoms with van der Waals surface area (Å²) >= 11 is 0. The van der Waals surface area contributed by atoms with Crippen molar-refractivity contribution in [2.75, 3.05) is 6.61 Å². The second-order valence-corrected chi connectivity index (χ2v) is 6.62. The molecule has 1 aromatic carbocycles. The third kappa shape index (κ3) is 2.12. The maximum absolute atomic E-state index is 11.7. The quantitative estimate of drug-likeness (QED) is 0.431. The van der Waals surface area contributed by atoms with Crippen LogP contribution >= 0.6 is 0 Å². The Hall–Kier alpha value is -3.30. The van der Waals surface area contributed by atoms with Gasteiger partial charge in [0.1, 0.15) is 6.61 Å². The van der Waals surface area contributed by atoms with Crippen LogP contribution in [-0.4, -0.2) is 49.9 Å². The Morgan fingerprint density at radius 2 is 2.15 bits per heavy atom. The number of nitro groups is 1. The van der Waals surface area contributed by atoms with Crippen LogP contribution in [0.15, 0.2) is 41.5 Å². The van der Waals surface area contributed by atoms with Crippen LogP contribution in [0.5, 0.6) is 0 Å². The topological polar surface area (TPSA) is 126 Å². The zero-order valence-electron chi connectivity index (χ0n) is 13.8. The highest BCUT2D eigenvalue weighted by atomic mass is 16.6. The van der Waals surface area contributed by atoms with E-state index in [4.69, 9.17) is 4.74 Å². The van der Waals surface area contributed by atoms with Gasteiger partial charge in [0, 0.05) is 29.3 Å². The first-order chi connectivity index (χ1) is 13.0. The molecule has 0 saturated heterocycles. The Kier molecular flexibility index (Phi) is 3.15. The van der Waals surface area contributed by atoms with E-state index in [1.54, 1.807) is 29.2 Å². The van der Waals surface area contributed by atoms with Gasteiger partial charge in [-0.05, 0) is 18.2 Å². The maximum Gasteiger partial charge on any atom is 0.339 e. The predicted molar refractivity (Wildman–Crippen MR) is 91.9 cm³/mol. The number of carbonyl (C=O) groups excluding carboxylic acids is 1. The highest BCUT2D eigenvalue weighted by molar-refractivity contribution is 5.91. The van der Waals surface area contributed by atoms with E-state index in [9.17, 15) is 25.1 Å². The molecular weight excluding hydrogens is 354 g/mol. The van der Waals surface area contributed by atoms with E-state index in [1.807, 2.05) is 0 Å². The van der Waals surface area contributed by atoms with E-state index in [0.717, 1.165) is 5.56 Å². The molecule has 2 aromatic rings. The molecule has 4 heterocycles. The number of hydrogen-bond donors (Lipinski definition) is 2.